The van der Waals surface area contributed by atoms with Crippen LogP contribution in [-0.4, -0.2) is 43.2 Å². The molecule has 0 radical (unpaired) electrons. The van der Waals surface area contributed by atoms with Gasteiger partial charge in [0.1, 0.15) is 17.8 Å². The molecule has 0 saturated carbocycles. The van der Waals surface area contributed by atoms with Gasteiger partial charge in [-0.3, -0.25) is 15.6 Å². The monoisotopic (exact) mass is 346 g/mol. The topological polar surface area (TPSA) is 123 Å². The standard InChI is InChI=1S/C16H22N6O3/c1-24-9-5-8-18-14-13(17)15(20-10-19-14)21-22-16(23)11-6-3-4-7-12(11)25-2/h3-4,6-7,10H,5,8-9,17H2,1-2H3,(H,22,23)(H2,18,19,20,21). The number of aromatic nitrogens is 2. The summed E-state index contributed by atoms with van der Waals surface area (Å²) in [4.78, 5) is 20.4. The first-order valence-corrected chi connectivity index (χ1v) is 7.70. The van der Waals surface area contributed by atoms with E-state index in [2.05, 4.69) is 26.1 Å². The molecule has 0 spiro atoms. The van der Waals surface area contributed by atoms with Gasteiger partial charge in [0, 0.05) is 20.3 Å². The van der Waals surface area contributed by atoms with E-state index in [0.29, 0.717) is 41.8 Å². The fourth-order valence-electron chi connectivity index (χ4n) is 2.07. The highest BCUT2D eigenvalue weighted by Gasteiger charge is 2.13. The van der Waals surface area contributed by atoms with Crippen LogP contribution in [0.3, 0.4) is 0 Å². The molecule has 0 saturated heterocycles. The van der Waals surface area contributed by atoms with Crippen molar-refractivity contribution in [3.05, 3.63) is 36.2 Å². The van der Waals surface area contributed by atoms with E-state index in [-0.39, 0.29) is 5.91 Å². The van der Waals surface area contributed by atoms with Gasteiger partial charge in [-0.05, 0) is 18.6 Å². The molecule has 2 rings (SSSR count). The highest BCUT2D eigenvalue weighted by molar-refractivity contribution is 5.97. The SMILES string of the molecule is COCCCNc1ncnc(NNC(=O)c2ccccc2OC)c1N. The maximum absolute atomic E-state index is 12.3. The number of rotatable bonds is 9. The number of nitrogens with zero attached hydrogens (tertiary/aromatic N) is 2. The molecule has 1 aromatic heterocycles. The maximum Gasteiger partial charge on any atom is 0.273 e. The van der Waals surface area contributed by atoms with Crippen molar-refractivity contribution in [3.63, 3.8) is 0 Å². The molecule has 1 heterocycles. The smallest absolute Gasteiger partial charge is 0.273 e. The molecule has 0 aliphatic rings. The number of nitrogen functional groups attached to an aromatic ring is 1. The fraction of sp³-hybridized carbons (Fsp3) is 0.312. The summed E-state index contributed by atoms with van der Waals surface area (Å²) in [6, 6.07) is 6.89. The third-order valence-electron chi connectivity index (χ3n) is 3.35. The summed E-state index contributed by atoms with van der Waals surface area (Å²) in [6.45, 7) is 1.29. The molecule has 0 fully saturated rings. The Kier molecular flexibility index (Phi) is 6.78. The number of methoxy groups -OCH3 is 2. The molecule has 5 N–H and O–H groups in total. The van der Waals surface area contributed by atoms with Crippen molar-refractivity contribution in [1.82, 2.24) is 15.4 Å². The van der Waals surface area contributed by atoms with Crippen molar-refractivity contribution < 1.29 is 14.3 Å². The molecule has 1 amide bonds. The second-order valence-electron chi connectivity index (χ2n) is 5.04. The van der Waals surface area contributed by atoms with Crippen LogP contribution >= 0.6 is 0 Å². The van der Waals surface area contributed by atoms with Crippen LogP contribution in [0.2, 0.25) is 0 Å². The zero-order valence-corrected chi connectivity index (χ0v) is 14.2. The number of nitrogens with two attached hydrogens (primary N) is 1. The lowest BCUT2D eigenvalue weighted by molar-refractivity contribution is 0.0959. The molecule has 0 unspecified atom stereocenters. The Morgan fingerprint density at radius 2 is 1.96 bits per heavy atom. The highest BCUT2D eigenvalue weighted by atomic mass is 16.5. The van der Waals surface area contributed by atoms with Crippen molar-refractivity contribution in [2.45, 2.75) is 6.42 Å². The van der Waals surface area contributed by atoms with Crippen molar-refractivity contribution in [2.75, 3.05) is 43.8 Å². The first-order chi connectivity index (χ1) is 12.2. The molecule has 134 valence electrons. The zero-order valence-electron chi connectivity index (χ0n) is 14.2. The fourth-order valence-corrected chi connectivity index (χ4v) is 2.07. The number of hydrogen-bond acceptors (Lipinski definition) is 8. The Hall–Kier alpha value is -3.07. The minimum absolute atomic E-state index is 0.299. The number of amides is 1. The molecule has 1 aromatic carbocycles. The van der Waals surface area contributed by atoms with Crippen LogP contribution in [0.1, 0.15) is 16.8 Å². The van der Waals surface area contributed by atoms with Gasteiger partial charge < -0.3 is 20.5 Å². The Labute approximate surface area is 145 Å². The van der Waals surface area contributed by atoms with Gasteiger partial charge in [0.2, 0.25) is 0 Å². The number of anilines is 3. The zero-order chi connectivity index (χ0) is 18.1. The van der Waals surface area contributed by atoms with Crippen molar-refractivity contribution in [2.24, 2.45) is 0 Å². The number of hydrogen-bond donors (Lipinski definition) is 4. The number of carbonyl (C=O) groups excluding carboxylic acids is 1. The Balaban J connectivity index is 1.99. The lowest BCUT2D eigenvalue weighted by Crippen LogP contribution is -2.30. The second kappa shape index (κ2) is 9.28. The van der Waals surface area contributed by atoms with E-state index < -0.39 is 0 Å². The summed E-state index contributed by atoms with van der Waals surface area (Å²) in [5, 5.41) is 3.10. The lowest BCUT2D eigenvalue weighted by Gasteiger charge is -2.14. The van der Waals surface area contributed by atoms with Gasteiger partial charge in [-0.25, -0.2) is 9.97 Å². The average molecular weight is 346 g/mol. The van der Waals surface area contributed by atoms with E-state index in [9.17, 15) is 4.79 Å². The van der Waals surface area contributed by atoms with Gasteiger partial charge in [-0.15, -0.1) is 0 Å². The molecule has 0 aliphatic heterocycles. The summed E-state index contributed by atoms with van der Waals surface area (Å²) in [5.74, 6) is 0.885. The third kappa shape index (κ3) is 4.95. The molecule has 0 bridgehead atoms. The Morgan fingerprint density at radius 1 is 1.20 bits per heavy atom. The predicted octanol–water partition coefficient (Wildman–Crippen LogP) is 1.27. The lowest BCUT2D eigenvalue weighted by atomic mass is 10.2. The molecule has 25 heavy (non-hydrogen) atoms. The van der Waals surface area contributed by atoms with Crippen LogP contribution in [0.15, 0.2) is 30.6 Å². The van der Waals surface area contributed by atoms with Crippen molar-refractivity contribution in [1.29, 1.82) is 0 Å². The van der Waals surface area contributed by atoms with Crippen LogP contribution in [0.4, 0.5) is 17.3 Å². The van der Waals surface area contributed by atoms with Crippen LogP contribution in [-0.2, 0) is 4.74 Å². The molecule has 0 atom stereocenters. The quantitative estimate of drug-likeness (QED) is 0.395. The van der Waals surface area contributed by atoms with Crippen molar-refractivity contribution in [3.8, 4) is 5.75 Å². The van der Waals surface area contributed by atoms with E-state index in [1.54, 1.807) is 31.4 Å². The van der Waals surface area contributed by atoms with Gasteiger partial charge >= 0.3 is 0 Å². The van der Waals surface area contributed by atoms with E-state index in [1.807, 2.05) is 0 Å². The van der Waals surface area contributed by atoms with Gasteiger partial charge in [0.25, 0.3) is 5.91 Å². The minimum atomic E-state index is -0.370. The van der Waals surface area contributed by atoms with Gasteiger partial charge in [0.05, 0.1) is 12.7 Å². The van der Waals surface area contributed by atoms with E-state index in [1.165, 1.54) is 13.4 Å². The number of nitrogens with one attached hydrogen (secondary N) is 3. The van der Waals surface area contributed by atoms with E-state index in [4.69, 9.17) is 15.2 Å². The van der Waals surface area contributed by atoms with Gasteiger partial charge in [0.15, 0.2) is 11.6 Å². The summed E-state index contributed by atoms with van der Waals surface area (Å²) in [7, 11) is 3.15. The number of ether oxygens (including phenoxy) is 2. The Morgan fingerprint density at radius 3 is 2.72 bits per heavy atom. The van der Waals surface area contributed by atoms with Gasteiger partial charge in [-0.2, -0.15) is 0 Å². The summed E-state index contributed by atoms with van der Waals surface area (Å²) >= 11 is 0. The molecule has 9 nitrogen and oxygen atoms in total. The molecule has 0 aliphatic carbocycles. The number of carbonyl (C=O) groups is 1. The number of para-hydroxylation sites is 1. The molecule has 9 heteroatoms. The van der Waals surface area contributed by atoms with Gasteiger partial charge in [-0.1, -0.05) is 12.1 Å². The molecule has 2 aromatic rings. The van der Waals surface area contributed by atoms with E-state index in [0.717, 1.165) is 6.42 Å². The minimum Gasteiger partial charge on any atom is -0.496 e. The number of benzene rings is 1. The van der Waals surface area contributed by atoms with Crippen LogP contribution in [0.5, 0.6) is 5.75 Å². The maximum atomic E-state index is 12.3. The van der Waals surface area contributed by atoms with Crippen LogP contribution in [0, 0.1) is 0 Å². The largest absolute Gasteiger partial charge is 0.496 e. The molecular weight excluding hydrogens is 324 g/mol. The average Bonchev–Trinajstić information content (AvgIpc) is 2.65. The molecular formula is C16H22N6O3. The predicted molar refractivity (Wildman–Crippen MR) is 95.5 cm³/mol. The van der Waals surface area contributed by atoms with E-state index >= 15 is 0 Å². The van der Waals surface area contributed by atoms with Crippen molar-refractivity contribution >= 4 is 23.2 Å². The van der Waals surface area contributed by atoms with Crippen LogP contribution in [0.25, 0.3) is 0 Å². The highest BCUT2D eigenvalue weighted by Crippen LogP contribution is 2.22. The normalized spacial score (nSPS) is 10.2. The first kappa shape index (κ1) is 18.3. The third-order valence-corrected chi connectivity index (χ3v) is 3.35. The Bertz CT molecular complexity index is 710. The summed E-state index contributed by atoms with van der Waals surface area (Å²) in [5.41, 5.74) is 12.0. The first-order valence-electron chi connectivity index (χ1n) is 7.70. The number of hydrazine groups is 1. The second-order valence-corrected chi connectivity index (χ2v) is 5.04. The summed E-state index contributed by atoms with van der Waals surface area (Å²) in [6.07, 6.45) is 2.17. The summed E-state index contributed by atoms with van der Waals surface area (Å²) < 4.78 is 10.2. The van der Waals surface area contributed by atoms with Crippen LogP contribution < -0.4 is 26.6 Å².